The summed E-state index contributed by atoms with van der Waals surface area (Å²) >= 11 is 1.43. The van der Waals surface area contributed by atoms with Gasteiger partial charge in [0.2, 0.25) is 0 Å². The summed E-state index contributed by atoms with van der Waals surface area (Å²) < 4.78 is 15.9. The molecule has 0 radical (unpaired) electrons. The van der Waals surface area contributed by atoms with Gasteiger partial charge in [0.25, 0.3) is 0 Å². The van der Waals surface area contributed by atoms with Crippen molar-refractivity contribution in [3.63, 3.8) is 0 Å². The zero-order valence-electron chi connectivity index (χ0n) is 8.18. The van der Waals surface area contributed by atoms with E-state index in [4.69, 9.17) is 14.5 Å². The summed E-state index contributed by atoms with van der Waals surface area (Å²) in [7, 11) is -4.23. The quantitative estimate of drug-likeness (QED) is 0.480. The molecule has 4 N–H and O–H groups in total. The summed E-state index contributed by atoms with van der Waals surface area (Å²) in [6.07, 6.45) is -2.59. The molecule has 90 valence electrons. The van der Waals surface area contributed by atoms with Crippen LogP contribution in [0.4, 0.5) is 0 Å². The summed E-state index contributed by atoms with van der Waals surface area (Å²) in [6, 6.07) is 0. The number of aliphatic hydroxyl groups excluding tert-OH is 2. The van der Waals surface area contributed by atoms with Gasteiger partial charge in [-0.2, -0.15) is 11.8 Å². The van der Waals surface area contributed by atoms with Gasteiger partial charge in [0.1, 0.15) is 12.2 Å². The second-order valence-corrected chi connectivity index (χ2v) is 6.10. The highest BCUT2D eigenvalue weighted by molar-refractivity contribution is 7.98. The summed E-state index contributed by atoms with van der Waals surface area (Å²) in [5, 5.41) is 19.0. The lowest BCUT2D eigenvalue weighted by Gasteiger charge is -2.14. The number of hydrogen-bond donors (Lipinski definition) is 4. The van der Waals surface area contributed by atoms with Gasteiger partial charge in [-0.25, -0.2) is 0 Å². The van der Waals surface area contributed by atoms with Crippen molar-refractivity contribution in [1.29, 1.82) is 0 Å². The normalized spacial score (nSPS) is 37.1. The van der Waals surface area contributed by atoms with Gasteiger partial charge in [0.15, 0.2) is 0 Å². The summed E-state index contributed by atoms with van der Waals surface area (Å²) in [5.41, 5.74) is 0. The number of aliphatic hydroxyl groups is 2. The fraction of sp³-hybridized carbons (Fsp3) is 1.00. The Bertz CT molecular complexity index is 256. The van der Waals surface area contributed by atoms with E-state index >= 15 is 0 Å². The first kappa shape index (κ1) is 13.4. The molecule has 0 aliphatic carbocycles. The predicted molar refractivity (Wildman–Crippen MR) is 56.0 cm³/mol. The molecule has 0 aromatic rings. The van der Waals surface area contributed by atoms with Gasteiger partial charge in [-0.3, -0.25) is 4.57 Å². The summed E-state index contributed by atoms with van der Waals surface area (Å²) in [6.45, 7) is 0. The van der Waals surface area contributed by atoms with Gasteiger partial charge < -0.3 is 24.7 Å². The molecular weight excluding hydrogens is 243 g/mol. The highest BCUT2D eigenvalue weighted by Crippen LogP contribution is 2.39. The van der Waals surface area contributed by atoms with Crippen molar-refractivity contribution in [3.05, 3.63) is 0 Å². The predicted octanol–water partition coefficient (Wildman–Crippen LogP) is -0.984. The molecule has 1 saturated heterocycles. The average molecular weight is 258 g/mol. The molecule has 0 bridgehead atoms. The molecule has 0 spiro atoms. The SMILES string of the molecule is CSCC1OC(CP(=O)(O)O)C(O)C1O. The fourth-order valence-electron chi connectivity index (χ4n) is 1.51. The smallest absolute Gasteiger partial charge is 0.328 e. The van der Waals surface area contributed by atoms with Crippen LogP contribution in [-0.2, 0) is 9.30 Å². The van der Waals surface area contributed by atoms with Crippen molar-refractivity contribution in [2.24, 2.45) is 0 Å². The number of thioether (sulfide) groups is 1. The number of hydrogen-bond acceptors (Lipinski definition) is 5. The number of rotatable bonds is 4. The molecule has 1 aliphatic heterocycles. The van der Waals surface area contributed by atoms with Crippen molar-refractivity contribution < 1.29 is 29.3 Å². The van der Waals surface area contributed by atoms with Crippen LogP contribution in [-0.4, -0.2) is 62.6 Å². The van der Waals surface area contributed by atoms with Crippen LogP contribution in [0.5, 0.6) is 0 Å². The monoisotopic (exact) mass is 258 g/mol. The lowest BCUT2D eigenvalue weighted by molar-refractivity contribution is 0.0295. The molecule has 1 heterocycles. The van der Waals surface area contributed by atoms with Crippen LogP contribution in [0.2, 0.25) is 0 Å². The minimum atomic E-state index is -4.23. The van der Waals surface area contributed by atoms with Crippen molar-refractivity contribution in [2.75, 3.05) is 18.2 Å². The van der Waals surface area contributed by atoms with Crippen molar-refractivity contribution >= 4 is 19.4 Å². The first-order chi connectivity index (χ1) is 6.85. The molecule has 6 nitrogen and oxygen atoms in total. The first-order valence-electron chi connectivity index (χ1n) is 4.40. The van der Waals surface area contributed by atoms with Gasteiger partial charge in [0.05, 0.1) is 18.4 Å². The Morgan fingerprint density at radius 2 is 1.80 bits per heavy atom. The van der Waals surface area contributed by atoms with Gasteiger partial charge >= 0.3 is 7.60 Å². The van der Waals surface area contributed by atoms with Gasteiger partial charge in [-0.15, -0.1) is 0 Å². The first-order valence-corrected chi connectivity index (χ1v) is 7.59. The van der Waals surface area contributed by atoms with E-state index in [0.29, 0.717) is 5.75 Å². The van der Waals surface area contributed by atoms with E-state index in [1.165, 1.54) is 11.8 Å². The maximum atomic E-state index is 10.7. The van der Waals surface area contributed by atoms with E-state index in [-0.39, 0.29) is 0 Å². The van der Waals surface area contributed by atoms with Crippen LogP contribution in [0.3, 0.4) is 0 Å². The standard InChI is InChI=1S/C7H15O6PS/c1-15-3-5-7(9)6(8)4(13-5)2-14(10,11)12/h4-9H,2-3H2,1H3,(H2,10,11,12). The van der Waals surface area contributed by atoms with Crippen LogP contribution in [0.15, 0.2) is 0 Å². The highest BCUT2D eigenvalue weighted by atomic mass is 32.2. The summed E-state index contributed by atoms with van der Waals surface area (Å²) in [4.78, 5) is 17.5. The van der Waals surface area contributed by atoms with E-state index in [9.17, 15) is 14.8 Å². The maximum absolute atomic E-state index is 10.7. The lowest BCUT2D eigenvalue weighted by Crippen LogP contribution is -2.34. The van der Waals surface area contributed by atoms with E-state index < -0.39 is 38.2 Å². The Morgan fingerprint density at radius 3 is 2.27 bits per heavy atom. The molecule has 1 fully saturated rings. The molecule has 4 unspecified atom stereocenters. The van der Waals surface area contributed by atoms with E-state index in [0.717, 1.165) is 0 Å². The minimum absolute atomic E-state index is 0.482. The average Bonchev–Trinajstić information content (AvgIpc) is 2.32. The molecule has 1 aliphatic rings. The van der Waals surface area contributed by atoms with Crippen molar-refractivity contribution in [1.82, 2.24) is 0 Å². The largest absolute Gasteiger partial charge is 0.388 e. The van der Waals surface area contributed by atoms with E-state index in [1.54, 1.807) is 0 Å². The second-order valence-electron chi connectivity index (χ2n) is 3.50. The van der Waals surface area contributed by atoms with E-state index in [2.05, 4.69) is 0 Å². The fourth-order valence-corrected chi connectivity index (χ4v) is 2.89. The van der Waals surface area contributed by atoms with Crippen LogP contribution < -0.4 is 0 Å². The molecular formula is C7H15O6PS. The molecule has 0 aromatic carbocycles. The number of ether oxygens (including phenoxy) is 1. The lowest BCUT2D eigenvalue weighted by atomic mass is 10.1. The summed E-state index contributed by atoms with van der Waals surface area (Å²) in [5.74, 6) is 0.482. The Hall–Kier alpha value is 0.380. The molecule has 0 amide bonds. The molecule has 1 rings (SSSR count). The van der Waals surface area contributed by atoms with E-state index in [1.807, 2.05) is 6.26 Å². The van der Waals surface area contributed by atoms with Crippen LogP contribution in [0.25, 0.3) is 0 Å². The molecule has 0 aromatic heterocycles. The topological polar surface area (TPSA) is 107 Å². The van der Waals surface area contributed by atoms with Crippen molar-refractivity contribution in [3.8, 4) is 0 Å². The molecule has 4 atom stereocenters. The third kappa shape index (κ3) is 3.71. The Morgan fingerprint density at radius 1 is 1.27 bits per heavy atom. The van der Waals surface area contributed by atoms with Gasteiger partial charge in [-0.05, 0) is 6.26 Å². The highest BCUT2D eigenvalue weighted by Gasteiger charge is 2.44. The third-order valence-corrected chi connectivity index (χ3v) is 3.71. The molecule has 15 heavy (non-hydrogen) atoms. The zero-order chi connectivity index (χ0) is 11.6. The third-order valence-electron chi connectivity index (χ3n) is 2.21. The van der Waals surface area contributed by atoms with Crippen LogP contribution in [0.1, 0.15) is 0 Å². The van der Waals surface area contributed by atoms with Crippen molar-refractivity contribution in [2.45, 2.75) is 24.4 Å². The second kappa shape index (κ2) is 5.14. The minimum Gasteiger partial charge on any atom is -0.388 e. The zero-order valence-corrected chi connectivity index (χ0v) is 9.90. The van der Waals surface area contributed by atoms with Crippen LogP contribution >= 0.6 is 19.4 Å². The molecule has 8 heteroatoms. The Kier molecular flexibility index (Phi) is 4.61. The molecule has 0 saturated carbocycles. The Balaban J connectivity index is 2.59. The van der Waals surface area contributed by atoms with Gasteiger partial charge in [-0.1, -0.05) is 0 Å². The van der Waals surface area contributed by atoms with Gasteiger partial charge in [0, 0.05) is 5.75 Å². The maximum Gasteiger partial charge on any atom is 0.328 e. The van der Waals surface area contributed by atoms with Crippen LogP contribution in [0, 0.1) is 0 Å². The Labute approximate surface area is 91.8 Å².